The molecule has 2 N–H and O–H groups in total. The van der Waals surface area contributed by atoms with Crippen LogP contribution in [0.25, 0.3) is 0 Å². The summed E-state index contributed by atoms with van der Waals surface area (Å²) in [7, 11) is -3.21. The van der Waals surface area contributed by atoms with E-state index >= 15 is 0 Å². The number of urea groups is 1. The highest BCUT2D eigenvalue weighted by Crippen LogP contribution is 2.17. The molecule has 124 valence electrons. The summed E-state index contributed by atoms with van der Waals surface area (Å²) in [5.41, 5.74) is 1.17. The number of carbonyl (C=O) groups is 1. The van der Waals surface area contributed by atoms with Crippen molar-refractivity contribution in [3.63, 3.8) is 0 Å². The number of carbonyl (C=O) groups excluding carboxylic acids is 1. The lowest BCUT2D eigenvalue weighted by atomic mass is 9.99. The number of anilines is 1. The van der Waals surface area contributed by atoms with Gasteiger partial charge in [-0.15, -0.1) is 0 Å². The Balaban J connectivity index is 1.89. The summed E-state index contributed by atoms with van der Waals surface area (Å²) in [5, 5.41) is 11.6. The Hall–Kier alpha value is -2.11. The van der Waals surface area contributed by atoms with Gasteiger partial charge in [-0.25, -0.2) is 17.9 Å². The molecule has 1 aromatic carbocycles. The number of hydrogen-bond donors (Lipinski definition) is 2. The van der Waals surface area contributed by atoms with Crippen LogP contribution in [0.4, 0.5) is 10.5 Å². The van der Waals surface area contributed by atoms with Gasteiger partial charge >= 0.3 is 6.03 Å². The summed E-state index contributed by atoms with van der Waals surface area (Å²) < 4.78 is 24.8. The van der Waals surface area contributed by atoms with Gasteiger partial charge in [0.05, 0.1) is 17.9 Å². The largest absolute Gasteiger partial charge is 0.324 e. The van der Waals surface area contributed by atoms with E-state index in [1.54, 1.807) is 29.2 Å². The van der Waals surface area contributed by atoms with Crippen molar-refractivity contribution in [1.82, 2.24) is 9.62 Å². The van der Waals surface area contributed by atoms with Crippen LogP contribution in [0.2, 0.25) is 0 Å². The van der Waals surface area contributed by atoms with Gasteiger partial charge in [-0.05, 0) is 43.0 Å². The van der Waals surface area contributed by atoms with Gasteiger partial charge in [-0.3, -0.25) is 0 Å². The van der Waals surface area contributed by atoms with Gasteiger partial charge < -0.3 is 10.2 Å². The second-order valence-corrected chi connectivity index (χ2v) is 7.53. The fourth-order valence-corrected chi connectivity index (χ4v) is 3.05. The maximum Gasteiger partial charge on any atom is 0.321 e. The van der Waals surface area contributed by atoms with E-state index in [4.69, 9.17) is 5.26 Å². The normalized spacial score (nSPS) is 18.3. The Morgan fingerprint density at radius 2 is 2.09 bits per heavy atom. The molecule has 2 rings (SSSR count). The minimum Gasteiger partial charge on any atom is -0.324 e. The zero-order chi connectivity index (χ0) is 16.9. The molecular formula is C15H20N4O3S. The van der Waals surface area contributed by atoms with E-state index in [1.807, 2.05) is 6.07 Å². The predicted molar refractivity (Wildman–Crippen MR) is 87.3 cm³/mol. The molecule has 0 radical (unpaired) electrons. The van der Waals surface area contributed by atoms with Crippen LogP contribution in [0.3, 0.4) is 0 Å². The van der Waals surface area contributed by atoms with Crippen LogP contribution in [0, 0.1) is 17.2 Å². The third kappa shape index (κ3) is 5.54. The molecule has 1 saturated heterocycles. The van der Waals surface area contributed by atoms with Crippen LogP contribution in [-0.4, -0.2) is 45.2 Å². The lowest BCUT2D eigenvalue weighted by Crippen LogP contribution is -2.45. The molecule has 1 unspecified atom stereocenters. The van der Waals surface area contributed by atoms with E-state index < -0.39 is 10.0 Å². The number of nitrogens with zero attached hydrogens (tertiary/aromatic N) is 2. The van der Waals surface area contributed by atoms with Crippen molar-refractivity contribution in [3.05, 3.63) is 29.8 Å². The van der Waals surface area contributed by atoms with Crippen LogP contribution < -0.4 is 10.0 Å². The predicted octanol–water partition coefficient (Wildman–Crippen LogP) is 1.35. The second-order valence-electron chi connectivity index (χ2n) is 5.69. The number of benzene rings is 1. The Labute approximate surface area is 136 Å². The zero-order valence-corrected chi connectivity index (χ0v) is 13.8. The third-order valence-electron chi connectivity index (χ3n) is 3.71. The van der Waals surface area contributed by atoms with Gasteiger partial charge in [-0.2, -0.15) is 5.26 Å². The van der Waals surface area contributed by atoms with E-state index in [1.165, 1.54) is 0 Å². The van der Waals surface area contributed by atoms with Gasteiger partial charge in [0, 0.05) is 25.3 Å². The monoisotopic (exact) mass is 336 g/mol. The highest BCUT2D eigenvalue weighted by molar-refractivity contribution is 7.88. The number of rotatable bonds is 4. The summed E-state index contributed by atoms with van der Waals surface area (Å²) in [4.78, 5) is 14.0. The fraction of sp³-hybridized carbons (Fsp3) is 0.467. The molecule has 0 bridgehead atoms. The maximum atomic E-state index is 12.3. The van der Waals surface area contributed by atoms with Crippen LogP contribution >= 0.6 is 0 Å². The number of hydrogen-bond acceptors (Lipinski definition) is 4. The average Bonchev–Trinajstić information content (AvgIpc) is 2.53. The van der Waals surface area contributed by atoms with Crippen molar-refractivity contribution < 1.29 is 13.2 Å². The SMILES string of the molecule is CS(=O)(=O)NCC1CCCN(C(=O)Nc2ccc(C#N)cc2)C1. The minimum atomic E-state index is -3.21. The Kier molecular flexibility index (Phi) is 5.58. The van der Waals surface area contributed by atoms with Crippen molar-refractivity contribution in [2.75, 3.05) is 31.2 Å². The van der Waals surface area contributed by atoms with Gasteiger partial charge in [-0.1, -0.05) is 0 Å². The van der Waals surface area contributed by atoms with E-state index in [-0.39, 0.29) is 11.9 Å². The van der Waals surface area contributed by atoms with Gasteiger partial charge in [0.15, 0.2) is 0 Å². The number of piperidine rings is 1. The first-order valence-corrected chi connectivity index (χ1v) is 9.27. The Morgan fingerprint density at radius 3 is 2.70 bits per heavy atom. The zero-order valence-electron chi connectivity index (χ0n) is 12.9. The molecule has 8 heteroatoms. The molecule has 23 heavy (non-hydrogen) atoms. The molecule has 1 aliphatic rings. The van der Waals surface area contributed by atoms with Gasteiger partial charge in [0.25, 0.3) is 0 Å². The van der Waals surface area contributed by atoms with Crippen LogP contribution in [0.15, 0.2) is 24.3 Å². The molecule has 0 aromatic heterocycles. The van der Waals surface area contributed by atoms with Crippen molar-refractivity contribution in [2.45, 2.75) is 12.8 Å². The maximum absolute atomic E-state index is 12.3. The van der Waals surface area contributed by atoms with Crippen LogP contribution in [-0.2, 0) is 10.0 Å². The first-order valence-electron chi connectivity index (χ1n) is 7.38. The first kappa shape index (κ1) is 17.2. The topological polar surface area (TPSA) is 102 Å². The molecule has 1 aromatic rings. The molecule has 0 saturated carbocycles. The molecule has 0 aliphatic carbocycles. The lowest BCUT2D eigenvalue weighted by Gasteiger charge is -2.32. The van der Waals surface area contributed by atoms with Crippen LogP contribution in [0.5, 0.6) is 0 Å². The minimum absolute atomic E-state index is 0.116. The second kappa shape index (κ2) is 7.44. The van der Waals surface area contributed by atoms with Crippen molar-refractivity contribution in [1.29, 1.82) is 5.26 Å². The molecule has 1 heterocycles. The van der Waals surface area contributed by atoms with E-state index in [0.717, 1.165) is 19.1 Å². The van der Waals surface area contributed by atoms with Gasteiger partial charge in [0.1, 0.15) is 0 Å². The van der Waals surface area contributed by atoms with Crippen molar-refractivity contribution >= 4 is 21.7 Å². The Bertz CT molecular complexity index is 694. The number of likely N-dealkylation sites (tertiary alicyclic amines) is 1. The summed E-state index contributed by atoms with van der Waals surface area (Å²) in [6.07, 6.45) is 2.87. The molecule has 2 amide bonds. The average molecular weight is 336 g/mol. The first-order chi connectivity index (χ1) is 10.9. The third-order valence-corrected chi connectivity index (χ3v) is 4.40. The van der Waals surface area contributed by atoms with Crippen molar-refractivity contribution in [2.24, 2.45) is 5.92 Å². The highest BCUT2D eigenvalue weighted by atomic mass is 32.2. The molecule has 0 spiro atoms. The number of nitrogens with one attached hydrogen (secondary N) is 2. The Morgan fingerprint density at radius 1 is 1.39 bits per heavy atom. The lowest BCUT2D eigenvalue weighted by molar-refractivity contribution is 0.178. The van der Waals surface area contributed by atoms with E-state index in [2.05, 4.69) is 10.0 Å². The highest BCUT2D eigenvalue weighted by Gasteiger charge is 2.24. The van der Waals surface area contributed by atoms with E-state index in [0.29, 0.717) is 30.9 Å². The molecule has 1 aliphatic heterocycles. The summed E-state index contributed by atoms with van der Waals surface area (Å²) in [6.45, 7) is 1.52. The fourth-order valence-electron chi connectivity index (χ4n) is 2.52. The molecule has 1 fully saturated rings. The van der Waals surface area contributed by atoms with E-state index in [9.17, 15) is 13.2 Å². The molecule has 7 nitrogen and oxygen atoms in total. The summed E-state index contributed by atoms with van der Waals surface area (Å²) in [6, 6.07) is 8.47. The smallest absolute Gasteiger partial charge is 0.321 e. The van der Waals surface area contributed by atoms with Crippen molar-refractivity contribution in [3.8, 4) is 6.07 Å². The summed E-state index contributed by atoms with van der Waals surface area (Å²) >= 11 is 0. The standard InChI is InChI=1S/C15H20N4O3S/c1-23(21,22)17-10-13-3-2-8-19(11-13)15(20)18-14-6-4-12(9-16)5-7-14/h4-7,13,17H,2-3,8,10-11H2,1H3,(H,18,20). The quantitative estimate of drug-likeness (QED) is 0.866. The number of amides is 2. The molecular weight excluding hydrogens is 316 g/mol. The number of nitriles is 1. The van der Waals surface area contributed by atoms with Crippen LogP contribution in [0.1, 0.15) is 18.4 Å². The number of sulfonamides is 1. The summed E-state index contributed by atoms with van der Waals surface area (Å²) in [5.74, 6) is 0.116. The van der Waals surface area contributed by atoms with Gasteiger partial charge in [0.2, 0.25) is 10.0 Å². The molecule has 1 atom stereocenters.